The van der Waals surface area contributed by atoms with Gasteiger partial charge in [-0.2, -0.15) is 0 Å². The molecular formula is C16H11Cl2NO2S. The lowest BCUT2D eigenvalue weighted by Crippen LogP contribution is -2.15. The number of hydrogen-bond donors (Lipinski definition) is 1. The Kier molecular flexibility index (Phi) is 4.34. The van der Waals surface area contributed by atoms with Crippen LogP contribution in [0.4, 0.5) is 0 Å². The number of nitrogens with zero attached hydrogens (tertiary/aromatic N) is 1. The molecule has 112 valence electrons. The highest BCUT2D eigenvalue weighted by molar-refractivity contribution is 7.98. The number of rotatable bonds is 3. The SMILES string of the molecule is O=c1c(SCc2ccccc2)c(O)c2c(Cl)cccc2n1Cl. The van der Waals surface area contributed by atoms with E-state index in [-0.39, 0.29) is 10.6 Å². The van der Waals surface area contributed by atoms with Crippen molar-refractivity contribution in [2.75, 3.05) is 0 Å². The minimum absolute atomic E-state index is 0.122. The molecule has 0 spiro atoms. The van der Waals surface area contributed by atoms with Crippen LogP contribution in [0.15, 0.2) is 58.2 Å². The molecule has 22 heavy (non-hydrogen) atoms. The molecule has 0 atom stereocenters. The van der Waals surface area contributed by atoms with Crippen LogP contribution in [-0.2, 0) is 5.75 Å². The fourth-order valence-corrected chi connectivity index (χ4v) is 3.68. The third-order valence-electron chi connectivity index (χ3n) is 3.25. The van der Waals surface area contributed by atoms with Crippen molar-refractivity contribution in [1.82, 2.24) is 4.09 Å². The zero-order valence-corrected chi connectivity index (χ0v) is 13.6. The Balaban J connectivity index is 2.10. The summed E-state index contributed by atoms with van der Waals surface area (Å²) < 4.78 is 0.994. The Morgan fingerprint density at radius 3 is 2.55 bits per heavy atom. The highest BCUT2D eigenvalue weighted by Crippen LogP contribution is 2.37. The molecule has 0 saturated carbocycles. The Labute approximate surface area is 141 Å². The number of thioether (sulfide) groups is 1. The molecule has 0 fully saturated rings. The molecule has 0 bridgehead atoms. The summed E-state index contributed by atoms with van der Waals surface area (Å²) in [5.41, 5.74) is 0.988. The van der Waals surface area contributed by atoms with E-state index in [1.807, 2.05) is 30.3 Å². The molecule has 0 amide bonds. The normalized spacial score (nSPS) is 11.0. The zero-order valence-electron chi connectivity index (χ0n) is 11.3. The first kappa shape index (κ1) is 15.3. The molecule has 1 N–H and O–H groups in total. The minimum atomic E-state index is -0.449. The average molecular weight is 352 g/mol. The highest BCUT2D eigenvalue weighted by Gasteiger charge is 2.18. The van der Waals surface area contributed by atoms with Gasteiger partial charge in [0.15, 0.2) is 0 Å². The van der Waals surface area contributed by atoms with Crippen molar-refractivity contribution in [1.29, 1.82) is 0 Å². The maximum Gasteiger partial charge on any atom is 0.283 e. The van der Waals surface area contributed by atoms with Crippen molar-refractivity contribution < 1.29 is 5.11 Å². The number of hydrogen-bond acceptors (Lipinski definition) is 3. The lowest BCUT2D eigenvalue weighted by molar-refractivity contribution is 0.466. The molecule has 6 heteroatoms. The Hall–Kier alpha value is -1.62. The van der Waals surface area contributed by atoms with Gasteiger partial charge >= 0.3 is 0 Å². The lowest BCUT2D eigenvalue weighted by Gasteiger charge is -2.11. The first-order valence-corrected chi connectivity index (χ1v) is 8.19. The fraction of sp³-hybridized carbons (Fsp3) is 0.0625. The number of benzene rings is 2. The van der Waals surface area contributed by atoms with Gasteiger partial charge < -0.3 is 5.11 Å². The fourth-order valence-electron chi connectivity index (χ4n) is 2.18. The molecule has 0 aliphatic heterocycles. The van der Waals surface area contributed by atoms with Gasteiger partial charge in [-0.15, -0.1) is 11.8 Å². The number of pyridine rings is 1. The second-order valence-electron chi connectivity index (χ2n) is 4.67. The van der Waals surface area contributed by atoms with Crippen molar-refractivity contribution in [3.63, 3.8) is 0 Å². The minimum Gasteiger partial charge on any atom is -0.506 e. The van der Waals surface area contributed by atoms with E-state index >= 15 is 0 Å². The second-order valence-corrected chi connectivity index (χ2v) is 6.40. The van der Waals surface area contributed by atoms with Gasteiger partial charge in [-0.25, -0.2) is 4.09 Å². The topological polar surface area (TPSA) is 42.2 Å². The number of fused-ring (bicyclic) bond motifs is 1. The molecule has 3 aromatic rings. The average Bonchev–Trinajstić information content (AvgIpc) is 2.53. The third kappa shape index (κ3) is 2.70. The molecule has 0 aliphatic rings. The monoisotopic (exact) mass is 351 g/mol. The van der Waals surface area contributed by atoms with Crippen molar-refractivity contribution >= 4 is 46.0 Å². The Morgan fingerprint density at radius 1 is 1.09 bits per heavy atom. The summed E-state index contributed by atoms with van der Waals surface area (Å²) in [6.45, 7) is 0. The van der Waals surface area contributed by atoms with Crippen LogP contribution in [0.1, 0.15) is 5.56 Å². The first-order chi connectivity index (χ1) is 10.6. The molecule has 3 nitrogen and oxygen atoms in total. The van der Waals surface area contributed by atoms with Crippen LogP contribution in [0.5, 0.6) is 5.75 Å². The van der Waals surface area contributed by atoms with E-state index in [2.05, 4.69) is 0 Å². The summed E-state index contributed by atoms with van der Waals surface area (Å²) >= 11 is 13.4. The van der Waals surface area contributed by atoms with Gasteiger partial charge in [-0.05, 0) is 17.7 Å². The van der Waals surface area contributed by atoms with Crippen LogP contribution in [0.25, 0.3) is 10.9 Å². The smallest absolute Gasteiger partial charge is 0.283 e. The molecule has 1 heterocycles. The van der Waals surface area contributed by atoms with E-state index in [9.17, 15) is 9.90 Å². The van der Waals surface area contributed by atoms with Gasteiger partial charge in [0.25, 0.3) is 5.56 Å². The van der Waals surface area contributed by atoms with Crippen molar-refractivity contribution in [2.45, 2.75) is 10.6 Å². The van der Waals surface area contributed by atoms with Crippen molar-refractivity contribution in [2.24, 2.45) is 0 Å². The summed E-state index contributed by atoms with van der Waals surface area (Å²) in [7, 11) is 0. The van der Waals surface area contributed by atoms with E-state index in [4.69, 9.17) is 23.4 Å². The van der Waals surface area contributed by atoms with Crippen LogP contribution in [0.2, 0.25) is 5.02 Å². The summed E-state index contributed by atoms with van der Waals surface area (Å²) in [5, 5.41) is 11.2. The predicted molar refractivity (Wildman–Crippen MR) is 92.1 cm³/mol. The predicted octanol–water partition coefficient (Wildman–Crippen LogP) is 4.65. The van der Waals surface area contributed by atoms with Crippen LogP contribution >= 0.6 is 35.1 Å². The summed E-state index contributed by atoms with van der Waals surface area (Å²) in [4.78, 5) is 12.5. The Bertz CT molecular complexity index is 894. The summed E-state index contributed by atoms with van der Waals surface area (Å²) in [6, 6.07) is 14.7. The molecule has 0 aliphatic carbocycles. The quantitative estimate of drug-likeness (QED) is 0.698. The van der Waals surface area contributed by atoms with Crippen molar-refractivity contribution in [3.05, 3.63) is 69.5 Å². The Morgan fingerprint density at radius 2 is 1.82 bits per heavy atom. The zero-order chi connectivity index (χ0) is 15.7. The van der Waals surface area contributed by atoms with Crippen LogP contribution in [0.3, 0.4) is 0 Å². The molecule has 2 aromatic carbocycles. The number of aromatic nitrogens is 1. The van der Waals surface area contributed by atoms with E-state index in [1.54, 1.807) is 18.2 Å². The molecule has 1 aromatic heterocycles. The van der Waals surface area contributed by atoms with Gasteiger partial charge in [0.2, 0.25) is 0 Å². The van der Waals surface area contributed by atoms with E-state index in [1.165, 1.54) is 11.8 Å². The van der Waals surface area contributed by atoms with Gasteiger partial charge in [-0.1, -0.05) is 48.0 Å². The van der Waals surface area contributed by atoms with Crippen LogP contribution in [-0.4, -0.2) is 9.19 Å². The van der Waals surface area contributed by atoms with E-state index < -0.39 is 5.56 Å². The molecule has 3 rings (SSSR count). The van der Waals surface area contributed by atoms with Crippen LogP contribution in [0, 0.1) is 0 Å². The number of halogens is 2. The van der Waals surface area contributed by atoms with Crippen LogP contribution < -0.4 is 5.56 Å². The summed E-state index contributed by atoms with van der Waals surface area (Å²) in [6.07, 6.45) is 0. The van der Waals surface area contributed by atoms with Gasteiger partial charge in [-0.3, -0.25) is 4.79 Å². The summed E-state index contributed by atoms with van der Waals surface area (Å²) in [5.74, 6) is 0.430. The second kappa shape index (κ2) is 6.24. The van der Waals surface area contributed by atoms with Gasteiger partial charge in [0.1, 0.15) is 10.6 Å². The lowest BCUT2D eigenvalue weighted by atomic mass is 10.2. The first-order valence-electron chi connectivity index (χ1n) is 6.48. The molecular weight excluding hydrogens is 341 g/mol. The molecule has 0 saturated heterocycles. The molecule has 0 radical (unpaired) electrons. The highest BCUT2D eigenvalue weighted by atomic mass is 35.5. The van der Waals surface area contributed by atoms with Gasteiger partial charge in [0.05, 0.1) is 15.9 Å². The molecule has 0 unspecified atom stereocenters. The standard InChI is InChI=1S/C16H11Cl2NO2S/c17-11-7-4-8-12-13(11)14(20)15(16(21)19(12)18)22-9-10-5-2-1-3-6-10/h1-8,20H,9H2. The maximum absolute atomic E-state index is 12.3. The van der Waals surface area contributed by atoms with Gasteiger partial charge in [0, 0.05) is 17.5 Å². The largest absolute Gasteiger partial charge is 0.506 e. The van der Waals surface area contributed by atoms with E-state index in [0.717, 1.165) is 9.65 Å². The van der Waals surface area contributed by atoms with Crippen molar-refractivity contribution in [3.8, 4) is 5.75 Å². The number of aromatic hydroxyl groups is 1. The third-order valence-corrected chi connectivity index (χ3v) is 5.04. The maximum atomic E-state index is 12.3. The van der Waals surface area contributed by atoms with E-state index in [0.29, 0.717) is 21.7 Å².